The van der Waals surface area contributed by atoms with Crippen LogP contribution in [0.1, 0.15) is 5.69 Å². The van der Waals surface area contributed by atoms with Crippen LogP contribution in [0.15, 0.2) is 10.9 Å². The van der Waals surface area contributed by atoms with E-state index >= 15 is 0 Å². The Hall–Kier alpha value is -0.460. The standard InChI is InChI=1S/C6H9NO3S2/c1-6-4-11-5-7(6)2-3-12(8,9)10/h4-5H,2-3H2,1H3/p+1. The van der Waals surface area contributed by atoms with E-state index in [1.54, 1.807) is 4.57 Å². The number of aryl methyl sites for hydroxylation is 2. The van der Waals surface area contributed by atoms with Gasteiger partial charge in [0.05, 0.1) is 5.38 Å². The van der Waals surface area contributed by atoms with Crippen LogP contribution in [0.5, 0.6) is 0 Å². The summed E-state index contributed by atoms with van der Waals surface area (Å²) < 4.78 is 31.0. The molecule has 0 aliphatic rings. The van der Waals surface area contributed by atoms with Crippen molar-refractivity contribution in [1.29, 1.82) is 0 Å². The second kappa shape index (κ2) is 3.51. The van der Waals surface area contributed by atoms with E-state index in [0.29, 0.717) is 6.54 Å². The van der Waals surface area contributed by atoms with Gasteiger partial charge in [0, 0.05) is 6.92 Å². The van der Waals surface area contributed by atoms with Gasteiger partial charge in [0.2, 0.25) is 5.51 Å². The number of nitrogens with zero attached hydrogens (tertiary/aromatic N) is 1. The fourth-order valence-electron chi connectivity index (χ4n) is 0.796. The summed E-state index contributed by atoms with van der Waals surface area (Å²) in [6.45, 7) is 2.20. The van der Waals surface area contributed by atoms with Gasteiger partial charge in [-0.2, -0.15) is 13.0 Å². The van der Waals surface area contributed by atoms with Gasteiger partial charge in [-0.1, -0.05) is 11.3 Å². The topological polar surface area (TPSA) is 58.2 Å². The minimum Gasteiger partial charge on any atom is -0.285 e. The van der Waals surface area contributed by atoms with Gasteiger partial charge in [-0.05, 0) is 0 Å². The SMILES string of the molecule is Cc1csc[n+]1CCS(=O)(=O)O. The first-order valence-corrected chi connectivity index (χ1v) is 5.91. The maximum absolute atomic E-state index is 10.4. The molecule has 12 heavy (non-hydrogen) atoms. The Morgan fingerprint density at radius 2 is 2.33 bits per heavy atom. The van der Waals surface area contributed by atoms with Gasteiger partial charge in [-0.3, -0.25) is 4.55 Å². The Bertz CT molecular complexity index is 355. The van der Waals surface area contributed by atoms with E-state index in [1.165, 1.54) is 11.3 Å². The van der Waals surface area contributed by atoms with Gasteiger partial charge in [-0.25, -0.2) is 0 Å². The normalized spacial score (nSPS) is 11.8. The van der Waals surface area contributed by atoms with E-state index in [9.17, 15) is 8.42 Å². The molecule has 0 aliphatic carbocycles. The van der Waals surface area contributed by atoms with Crippen LogP contribution in [-0.2, 0) is 16.7 Å². The predicted octanol–water partition coefficient (Wildman–Crippen LogP) is 0.232. The van der Waals surface area contributed by atoms with Crippen molar-refractivity contribution >= 4 is 21.5 Å². The van der Waals surface area contributed by atoms with Crippen molar-refractivity contribution in [3.63, 3.8) is 0 Å². The molecule has 1 heterocycles. The summed E-state index contributed by atoms with van der Waals surface area (Å²) >= 11 is 1.50. The second-order valence-electron chi connectivity index (χ2n) is 2.48. The molecule has 0 aliphatic heterocycles. The maximum Gasteiger partial charge on any atom is 0.271 e. The molecule has 0 radical (unpaired) electrons. The first kappa shape index (κ1) is 9.63. The highest BCUT2D eigenvalue weighted by Gasteiger charge is 2.12. The molecule has 0 saturated heterocycles. The van der Waals surface area contributed by atoms with Gasteiger partial charge in [0.25, 0.3) is 10.1 Å². The molecule has 0 unspecified atom stereocenters. The molecule has 0 fully saturated rings. The third-order valence-corrected chi connectivity index (χ3v) is 3.02. The average molecular weight is 208 g/mol. The van der Waals surface area contributed by atoms with Crippen molar-refractivity contribution < 1.29 is 17.5 Å². The van der Waals surface area contributed by atoms with Gasteiger partial charge in [0.15, 0.2) is 12.2 Å². The van der Waals surface area contributed by atoms with E-state index in [4.69, 9.17) is 4.55 Å². The van der Waals surface area contributed by atoms with Crippen LogP contribution in [0.3, 0.4) is 0 Å². The Kier molecular flexibility index (Phi) is 2.81. The highest BCUT2D eigenvalue weighted by Crippen LogP contribution is 1.96. The predicted molar refractivity (Wildman–Crippen MR) is 45.7 cm³/mol. The Morgan fingerprint density at radius 1 is 1.67 bits per heavy atom. The summed E-state index contributed by atoms with van der Waals surface area (Å²) in [6.07, 6.45) is 0. The van der Waals surface area contributed by atoms with Crippen LogP contribution in [0.25, 0.3) is 0 Å². The number of hydrogen-bond acceptors (Lipinski definition) is 3. The second-order valence-corrected chi connectivity index (χ2v) is 4.77. The Morgan fingerprint density at radius 3 is 2.75 bits per heavy atom. The van der Waals surface area contributed by atoms with Gasteiger partial charge < -0.3 is 0 Å². The zero-order valence-corrected chi connectivity index (χ0v) is 8.23. The lowest BCUT2D eigenvalue weighted by Crippen LogP contribution is -2.37. The minimum atomic E-state index is -3.83. The molecular weight excluding hydrogens is 198 g/mol. The lowest BCUT2D eigenvalue weighted by molar-refractivity contribution is -0.693. The largest absolute Gasteiger partial charge is 0.285 e. The quantitative estimate of drug-likeness (QED) is 0.571. The smallest absolute Gasteiger partial charge is 0.271 e. The molecule has 1 aromatic rings. The Balaban J connectivity index is 2.61. The van der Waals surface area contributed by atoms with Crippen molar-refractivity contribution in [2.45, 2.75) is 13.5 Å². The van der Waals surface area contributed by atoms with Crippen molar-refractivity contribution in [3.8, 4) is 0 Å². The third-order valence-electron chi connectivity index (χ3n) is 1.47. The van der Waals surface area contributed by atoms with Crippen molar-refractivity contribution in [2.24, 2.45) is 0 Å². The zero-order valence-electron chi connectivity index (χ0n) is 6.60. The fourth-order valence-corrected chi connectivity index (χ4v) is 2.04. The maximum atomic E-state index is 10.4. The van der Waals surface area contributed by atoms with E-state index in [0.717, 1.165) is 5.69 Å². The highest BCUT2D eigenvalue weighted by molar-refractivity contribution is 7.85. The Labute approximate surface area is 75.2 Å². The van der Waals surface area contributed by atoms with Crippen LogP contribution in [-0.4, -0.2) is 18.7 Å². The van der Waals surface area contributed by atoms with Crippen molar-refractivity contribution in [1.82, 2.24) is 0 Å². The zero-order chi connectivity index (χ0) is 9.19. The molecular formula is C6H10NO3S2+. The lowest BCUT2D eigenvalue weighted by Gasteiger charge is -1.92. The molecule has 1 rings (SSSR count). The molecule has 68 valence electrons. The fraction of sp³-hybridized carbons (Fsp3) is 0.500. The summed E-state index contributed by atoms with van der Waals surface area (Å²) in [7, 11) is -3.83. The van der Waals surface area contributed by atoms with Crippen LogP contribution in [0.4, 0.5) is 0 Å². The van der Waals surface area contributed by atoms with Crippen LogP contribution in [0.2, 0.25) is 0 Å². The highest BCUT2D eigenvalue weighted by atomic mass is 32.2. The molecule has 4 nitrogen and oxygen atoms in total. The molecule has 0 saturated carbocycles. The molecule has 1 aromatic heterocycles. The molecule has 0 aromatic carbocycles. The number of rotatable bonds is 3. The molecule has 0 atom stereocenters. The molecule has 0 spiro atoms. The van der Waals surface area contributed by atoms with E-state index in [1.807, 2.05) is 17.8 Å². The lowest BCUT2D eigenvalue weighted by atomic mass is 10.5. The van der Waals surface area contributed by atoms with Gasteiger partial charge >= 0.3 is 0 Å². The molecule has 0 bridgehead atoms. The molecule has 6 heteroatoms. The number of hydrogen-bond donors (Lipinski definition) is 1. The van der Waals surface area contributed by atoms with E-state index in [-0.39, 0.29) is 5.75 Å². The summed E-state index contributed by atoms with van der Waals surface area (Å²) in [4.78, 5) is 0. The average Bonchev–Trinajstić information content (AvgIpc) is 2.29. The monoisotopic (exact) mass is 208 g/mol. The number of aromatic nitrogens is 1. The van der Waals surface area contributed by atoms with E-state index in [2.05, 4.69) is 0 Å². The number of thiazole rings is 1. The summed E-state index contributed by atoms with van der Waals surface area (Å²) in [6, 6.07) is 0. The van der Waals surface area contributed by atoms with Crippen molar-refractivity contribution in [3.05, 3.63) is 16.6 Å². The first-order chi connectivity index (χ1) is 5.49. The molecule has 1 N–H and O–H groups in total. The van der Waals surface area contributed by atoms with Crippen LogP contribution < -0.4 is 4.57 Å². The third kappa shape index (κ3) is 2.88. The van der Waals surface area contributed by atoms with Crippen LogP contribution in [0, 0.1) is 6.92 Å². The van der Waals surface area contributed by atoms with Gasteiger partial charge in [0.1, 0.15) is 5.75 Å². The first-order valence-electron chi connectivity index (χ1n) is 3.36. The van der Waals surface area contributed by atoms with Crippen molar-refractivity contribution in [2.75, 3.05) is 5.75 Å². The van der Waals surface area contributed by atoms with E-state index < -0.39 is 10.1 Å². The minimum absolute atomic E-state index is 0.227. The van der Waals surface area contributed by atoms with Crippen LogP contribution >= 0.6 is 11.3 Å². The van der Waals surface area contributed by atoms with Gasteiger partial charge in [-0.15, -0.1) is 0 Å². The summed E-state index contributed by atoms with van der Waals surface area (Å²) in [5.41, 5.74) is 2.82. The summed E-state index contributed by atoms with van der Waals surface area (Å²) in [5.74, 6) is -0.227. The summed E-state index contributed by atoms with van der Waals surface area (Å²) in [5, 5.41) is 1.92. The molecule has 0 amide bonds.